The molecule has 148 valence electrons. The van der Waals surface area contributed by atoms with Crippen LogP contribution in [0.15, 0.2) is 4.99 Å². The lowest BCUT2D eigenvalue weighted by atomic mass is 9.78. The molecule has 2 atom stereocenters. The number of aliphatic imine (C=N–C) groups is 1. The normalized spacial score (nSPS) is 27.7. The number of hydrogen-bond donors (Lipinski definition) is 1. The average molecular weight is 465 g/mol. The van der Waals surface area contributed by atoms with Gasteiger partial charge in [0.25, 0.3) is 0 Å². The highest BCUT2D eigenvalue weighted by Crippen LogP contribution is 2.33. The van der Waals surface area contributed by atoms with Crippen molar-refractivity contribution in [3.63, 3.8) is 0 Å². The summed E-state index contributed by atoms with van der Waals surface area (Å²) < 4.78 is 0. The van der Waals surface area contributed by atoms with Crippen molar-refractivity contribution in [2.24, 2.45) is 10.4 Å². The molecule has 2 aliphatic heterocycles. The van der Waals surface area contributed by atoms with Gasteiger partial charge in [-0.1, -0.05) is 20.3 Å². The Bertz CT molecular complexity index is 405. The Morgan fingerprint density at radius 1 is 1.20 bits per heavy atom. The molecule has 2 saturated heterocycles. The van der Waals surface area contributed by atoms with Crippen LogP contribution in [0.3, 0.4) is 0 Å². The van der Waals surface area contributed by atoms with Crippen molar-refractivity contribution in [2.75, 3.05) is 59.9 Å². The predicted molar refractivity (Wildman–Crippen MR) is 119 cm³/mol. The summed E-state index contributed by atoms with van der Waals surface area (Å²) in [6.07, 6.45) is 5.23. The molecular formula is C19H40IN5. The third-order valence-corrected chi connectivity index (χ3v) is 5.86. The number of hydrogen-bond acceptors (Lipinski definition) is 3. The lowest BCUT2D eigenvalue weighted by Gasteiger charge is -2.42. The first-order valence-corrected chi connectivity index (χ1v) is 9.85. The molecule has 2 rings (SSSR count). The van der Waals surface area contributed by atoms with Crippen LogP contribution in [0.25, 0.3) is 0 Å². The van der Waals surface area contributed by atoms with E-state index in [1.54, 1.807) is 0 Å². The van der Waals surface area contributed by atoms with Crippen LogP contribution in [0.1, 0.15) is 46.5 Å². The molecule has 0 spiro atoms. The number of guanidine groups is 1. The van der Waals surface area contributed by atoms with Gasteiger partial charge in [0.15, 0.2) is 5.96 Å². The summed E-state index contributed by atoms with van der Waals surface area (Å²) >= 11 is 0. The van der Waals surface area contributed by atoms with Gasteiger partial charge in [-0.25, -0.2) is 0 Å². The number of nitrogens with one attached hydrogen (secondary N) is 1. The Labute approximate surface area is 172 Å². The van der Waals surface area contributed by atoms with Gasteiger partial charge in [-0.2, -0.15) is 0 Å². The van der Waals surface area contributed by atoms with E-state index in [1.165, 1.54) is 51.9 Å². The van der Waals surface area contributed by atoms with Crippen LogP contribution in [0.5, 0.6) is 0 Å². The first-order valence-electron chi connectivity index (χ1n) is 9.85. The fraction of sp³-hybridized carbons (Fsp3) is 0.947. The maximum Gasteiger partial charge on any atom is 0.193 e. The van der Waals surface area contributed by atoms with E-state index < -0.39 is 0 Å². The number of piperazine rings is 1. The van der Waals surface area contributed by atoms with Gasteiger partial charge < -0.3 is 15.1 Å². The van der Waals surface area contributed by atoms with Crippen molar-refractivity contribution in [1.82, 2.24) is 20.0 Å². The second kappa shape index (κ2) is 10.9. The maximum atomic E-state index is 4.57. The second-order valence-electron chi connectivity index (χ2n) is 8.20. The molecule has 2 heterocycles. The summed E-state index contributed by atoms with van der Waals surface area (Å²) in [5, 5.41) is 3.65. The number of likely N-dealkylation sites (tertiary alicyclic amines) is 1. The number of piperidine rings is 1. The number of halogens is 1. The quantitative estimate of drug-likeness (QED) is 0.385. The topological polar surface area (TPSA) is 34.1 Å². The lowest BCUT2D eigenvalue weighted by molar-refractivity contribution is 0.117. The van der Waals surface area contributed by atoms with Crippen LogP contribution in [0, 0.1) is 5.41 Å². The molecule has 2 aliphatic rings. The zero-order valence-electron chi connectivity index (χ0n) is 17.1. The molecule has 0 aliphatic carbocycles. The van der Waals surface area contributed by atoms with Gasteiger partial charge in [0.05, 0.1) is 0 Å². The molecular weight excluding hydrogens is 425 g/mol. The van der Waals surface area contributed by atoms with Crippen LogP contribution in [-0.2, 0) is 0 Å². The molecule has 0 amide bonds. The number of nitrogens with zero attached hydrogens (tertiary/aromatic N) is 4. The summed E-state index contributed by atoms with van der Waals surface area (Å²) in [5.74, 6) is 1.10. The van der Waals surface area contributed by atoms with Crippen molar-refractivity contribution >= 4 is 29.9 Å². The van der Waals surface area contributed by atoms with Gasteiger partial charge in [0, 0.05) is 58.9 Å². The van der Waals surface area contributed by atoms with Gasteiger partial charge in [-0.05, 0) is 38.6 Å². The molecule has 5 nitrogen and oxygen atoms in total. The molecule has 25 heavy (non-hydrogen) atoms. The second-order valence-corrected chi connectivity index (χ2v) is 8.20. The van der Waals surface area contributed by atoms with Gasteiger partial charge in [0.2, 0.25) is 0 Å². The summed E-state index contributed by atoms with van der Waals surface area (Å²) in [7, 11) is 4.14. The van der Waals surface area contributed by atoms with E-state index in [4.69, 9.17) is 0 Å². The van der Waals surface area contributed by atoms with Crippen molar-refractivity contribution in [3.05, 3.63) is 0 Å². The van der Waals surface area contributed by atoms with Gasteiger partial charge in [0.1, 0.15) is 0 Å². The number of rotatable bonds is 5. The molecule has 0 aromatic carbocycles. The Hall–Kier alpha value is -0.0800. The van der Waals surface area contributed by atoms with Crippen molar-refractivity contribution in [3.8, 4) is 0 Å². The highest BCUT2D eigenvalue weighted by atomic mass is 127. The molecule has 1 N–H and O–H groups in total. The zero-order chi connectivity index (χ0) is 17.6. The van der Waals surface area contributed by atoms with Crippen molar-refractivity contribution in [2.45, 2.75) is 52.5 Å². The molecule has 0 bridgehead atoms. The third-order valence-electron chi connectivity index (χ3n) is 5.86. The third kappa shape index (κ3) is 6.86. The Morgan fingerprint density at radius 3 is 2.48 bits per heavy atom. The van der Waals surface area contributed by atoms with E-state index in [9.17, 15) is 0 Å². The zero-order valence-corrected chi connectivity index (χ0v) is 19.4. The van der Waals surface area contributed by atoms with Gasteiger partial charge in [-0.3, -0.25) is 9.89 Å². The molecule has 0 saturated carbocycles. The van der Waals surface area contributed by atoms with E-state index in [1.807, 2.05) is 7.05 Å². The monoisotopic (exact) mass is 465 g/mol. The molecule has 0 radical (unpaired) electrons. The standard InChI is InChI=1S/C19H39N5.HI/c1-6-8-19(3)9-7-10-24(16-19)18(20-4)21-15-17(2)23-13-11-22(5)12-14-23;/h17H,6-16H2,1-5H3,(H,20,21);1H. The first kappa shape index (κ1) is 23.0. The van der Waals surface area contributed by atoms with E-state index in [-0.39, 0.29) is 24.0 Å². The van der Waals surface area contributed by atoms with E-state index in [0.29, 0.717) is 11.5 Å². The van der Waals surface area contributed by atoms with Crippen LogP contribution in [0.4, 0.5) is 0 Å². The smallest absolute Gasteiger partial charge is 0.193 e. The molecule has 2 unspecified atom stereocenters. The Morgan fingerprint density at radius 2 is 1.88 bits per heavy atom. The van der Waals surface area contributed by atoms with E-state index in [2.05, 4.69) is 52.8 Å². The highest BCUT2D eigenvalue weighted by Gasteiger charge is 2.31. The lowest BCUT2D eigenvalue weighted by Crippen LogP contribution is -2.54. The van der Waals surface area contributed by atoms with Crippen LogP contribution < -0.4 is 5.32 Å². The Balaban J connectivity index is 0.00000312. The van der Waals surface area contributed by atoms with Crippen LogP contribution in [-0.4, -0.2) is 86.6 Å². The van der Waals surface area contributed by atoms with Crippen molar-refractivity contribution in [1.29, 1.82) is 0 Å². The van der Waals surface area contributed by atoms with Crippen LogP contribution >= 0.6 is 24.0 Å². The summed E-state index contributed by atoms with van der Waals surface area (Å²) in [6.45, 7) is 15.1. The minimum atomic E-state index is 0. The minimum Gasteiger partial charge on any atom is -0.355 e. The van der Waals surface area contributed by atoms with Crippen molar-refractivity contribution < 1.29 is 0 Å². The first-order chi connectivity index (χ1) is 11.5. The van der Waals surface area contributed by atoms with Crippen LogP contribution in [0.2, 0.25) is 0 Å². The predicted octanol–water partition coefficient (Wildman–Crippen LogP) is 2.72. The SMILES string of the molecule is CCCC1(C)CCCN(C(=NC)NCC(C)N2CCN(C)CC2)C1.I. The Kier molecular flexibility index (Phi) is 10.0. The number of likely N-dealkylation sites (N-methyl/N-ethyl adjacent to an activating group) is 1. The molecule has 6 heteroatoms. The summed E-state index contributed by atoms with van der Waals surface area (Å²) in [6, 6.07) is 0.558. The summed E-state index contributed by atoms with van der Waals surface area (Å²) in [5.41, 5.74) is 0.452. The molecule has 0 aromatic heterocycles. The molecule has 2 fully saturated rings. The van der Waals surface area contributed by atoms with E-state index >= 15 is 0 Å². The average Bonchev–Trinajstić information content (AvgIpc) is 2.56. The van der Waals surface area contributed by atoms with E-state index in [0.717, 1.165) is 25.6 Å². The largest absolute Gasteiger partial charge is 0.355 e. The van der Waals surface area contributed by atoms with Gasteiger partial charge in [-0.15, -0.1) is 24.0 Å². The van der Waals surface area contributed by atoms with Gasteiger partial charge >= 0.3 is 0 Å². The highest BCUT2D eigenvalue weighted by molar-refractivity contribution is 14.0. The minimum absolute atomic E-state index is 0. The fourth-order valence-corrected chi connectivity index (χ4v) is 4.27. The molecule has 0 aromatic rings. The maximum absolute atomic E-state index is 4.57. The fourth-order valence-electron chi connectivity index (χ4n) is 4.27. The summed E-state index contributed by atoms with van der Waals surface area (Å²) in [4.78, 5) is 12.1.